The van der Waals surface area contributed by atoms with Gasteiger partial charge in [0.2, 0.25) is 11.8 Å². The Hall–Kier alpha value is -3.55. The molecule has 0 spiro atoms. The van der Waals surface area contributed by atoms with Gasteiger partial charge in [0, 0.05) is 19.7 Å². The third kappa shape index (κ3) is 5.32. The van der Waals surface area contributed by atoms with Crippen LogP contribution in [-0.2, 0) is 23.1 Å². The molecule has 2 amide bonds. The minimum atomic E-state index is -1.25. The van der Waals surface area contributed by atoms with Gasteiger partial charge in [-0.2, -0.15) is 0 Å². The number of hydrogen-bond donors (Lipinski definition) is 1. The highest BCUT2D eigenvalue weighted by atomic mass is 19.1. The molecule has 1 fully saturated rings. The molecule has 0 bridgehead atoms. The summed E-state index contributed by atoms with van der Waals surface area (Å²) in [6.07, 6.45) is 0.346. The topological polar surface area (TPSA) is 80.1 Å². The van der Waals surface area contributed by atoms with Crippen molar-refractivity contribution in [3.63, 3.8) is 0 Å². The second kappa shape index (κ2) is 10.2. The molecule has 0 aliphatic carbocycles. The van der Waals surface area contributed by atoms with Crippen LogP contribution in [0.5, 0.6) is 0 Å². The fourth-order valence-electron chi connectivity index (χ4n) is 4.36. The second-order valence-electron chi connectivity index (χ2n) is 9.13. The Morgan fingerprint density at radius 1 is 1.06 bits per heavy atom. The number of aromatic nitrogens is 3. The van der Waals surface area contributed by atoms with E-state index in [0.717, 1.165) is 11.1 Å². The van der Waals surface area contributed by atoms with Gasteiger partial charge in [-0.3, -0.25) is 14.3 Å². The van der Waals surface area contributed by atoms with Crippen molar-refractivity contribution in [2.45, 2.75) is 50.9 Å². The molecule has 178 valence electrons. The van der Waals surface area contributed by atoms with Gasteiger partial charge in [-0.1, -0.05) is 73.7 Å². The highest BCUT2D eigenvalue weighted by Gasteiger charge is 2.40. The first-order chi connectivity index (χ1) is 16.3. The molecule has 0 unspecified atom stereocenters. The van der Waals surface area contributed by atoms with E-state index in [-0.39, 0.29) is 31.2 Å². The van der Waals surface area contributed by atoms with E-state index < -0.39 is 18.3 Å². The number of hydrogen-bond acceptors (Lipinski definition) is 4. The van der Waals surface area contributed by atoms with Crippen molar-refractivity contribution in [1.82, 2.24) is 25.2 Å². The summed E-state index contributed by atoms with van der Waals surface area (Å²) < 4.78 is 15.9. The van der Waals surface area contributed by atoms with Crippen LogP contribution >= 0.6 is 0 Å². The molecule has 3 atom stereocenters. The molecule has 1 N–H and O–H groups in total. The molecule has 1 aliphatic rings. The average molecular weight is 464 g/mol. The lowest BCUT2D eigenvalue weighted by Gasteiger charge is -2.27. The molecule has 1 aromatic heterocycles. The van der Waals surface area contributed by atoms with Gasteiger partial charge < -0.3 is 10.2 Å². The number of carbonyl (C=O) groups is 2. The summed E-state index contributed by atoms with van der Waals surface area (Å²) in [5, 5.41) is 10.8. The molecule has 8 heteroatoms. The fourth-order valence-corrected chi connectivity index (χ4v) is 4.36. The normalized spacial score (nSPS) is 18.8. The predicted molar refractivity (Wildman–Crippen MR) is 127 cm³/mol. The van der Waals surface area contributed by atoms with Crippen molar-refractivity contribution >= 4 is 11.8 Å². The summed E-state index contributed by atoms with van der Waals surface area (Å²) in [6, 6.07) is 16.5. The molecule has 2 aromatic carbocycles. The van der Waals surface area contributed by atoms with Crippen molar-refractivity contribution < 1.29 is 14.0 Å². The van der Waals surface area contributed by atoms with E-state index in [9.17, 15) is 14.0 Å². The van der Waals surface area contributed by atoms with E-state index in [2.05, 4.69) is 41.6 Å². The van der Waals surface area contributed by atoms with Crippen LogP contribution in [0.3, 0.4) is 0 Å². The zero-order chi connectivity index (χ0) is 24.2. The van der Waals surface area contributed by atoms with Crippen molar-refractivity contribution in [3.05, 3.63) is 83.2 Å². The Balaban J connectivity index is 1.55. The number of amides is 2. The third-order valence-corrected chi connectivity index (χ3v) is 6.21. The molecule has 0 saturated carbocycles. The minimum Gasteiger partial charge on any atom is -0.343 e. The van der Waals surface area contributed by atoms with E-state index in [1.807, 2.05) is 42.5 Å². The molecule has 0 radical (unpaired) electrons. The van der Waals surface area contributed by atoms with E-state index in [4.69, 9.17) is 0 Å². The van der Waals surface area contributed by atoms with Gasteiger partial charge in [0.1, 0.15) is 12.2 Å². The minimum absolute atomic E-state index is 0.0220. The number of alkyl halides is 1. The van der Waals surface area contributed by atoms with E-state index in [1.54, 1.807) is 13.2 Å². The summed E-state index contributed by atoms with van der Waals surface area (Å²) in [6.45, 7) is 4.16. The standard InChI is InChI=1S/C26H30FN5O2/c1-17(2)18-9-11-20(12-10-18)25(19-7-5-4-6-8-19)28-26(34)23-13-21(27)15-32(23)24(33)14-22-16-31(3)30-29-22/h4-12,16-17,21,23,25H,13-15H2,1-3H3,(H,28,34)/t21-,23-,25+/m1/s1. The molecular weight excluding hydrogens is 433 g/mol. The van der Waals surface area contributed by atoms with Crippen LogP contribution in [0.25, 0.3) is 0 Å². The van der Waals surface area contributed by atoms with E-state index >= 15 is 0 Å². The number of rotatable bonds is 7. The number of nitrogens with zero attached hydrogens (tertiary/aromatic N) is 4. The number of halogens is 1. The van der Waals surface area contributed by atoms with Crippen LogP contribution in [0.4, 0.5) is 4.39 Å². The summed E-state index contributed by atoms with van der Waals surface area (Å²) >= 11 is 0. The maximum atomic E-state index is 14.4. The maximum absolute atomic E-state index is 14.4. The molecule has 1 saturated heterocycles. The molecule has 1 aliphatic heterocycles. The SMILES string of the molecule is CC(C)c1ccc([C@@H](NC(=O)[C@H]2C[C@@H](F)CN2C(=O)Cc2cn(C)nn2)c2ccccc2)cc1. The lowest BCUT2D eigenvalue weighted by atomic mass is 9.95. The largest absolute Gasteiger partial charge is 0.343 e. The van der Waals surface area contributed by atoms with Crippen LogP contribution in [-0.4, -0.2) is 50.5 Å². The highest BCUT2D eigenvalue weighted by molar-refractivity contribution is 5.89. The molecule has 34 heavy (non-hydrogen) atoms. The monoisotopic (exact) mass is 463 g/mol. The Labute approximate surface area is 199 Å². The molecular formula is C26H30FN5O2. The number of aryl methyl sites for hydroxylation is 1. The lowest BCUT2D eigenvalue weighted by Crippen LogP contribution is -2.47. The Morgan fingerprint density at radius 3 is 2.32 bits per heavy atom. The van der Waals surface area contributed by atoms with Crippen molar-refractivity contribution in [2.24, 2.45) is 7.05 Å². The molecule has 4 rings (SSSR count). The zero-order valence-electron chi connectivity index (χ0n) is 19.7. The zero-order valence-corrected chi connectivity index (χ0v) is 19.7. The van der Waals surface area contributed by atoms with Gasteiger partial charge in [0.15, 0.2) is 0 Å². The van der Waals surface area contributed by atoms with Crippen LogP contribution in [0.1, 0.15) is 54.6 Å². The third-order valence-electron chi connectivity index (χ3n) is 6.21. The summed E-state index contributed by atoms with van der Waals surface area (Å²) in [7, 11) is 1.71. The van der Waals surface area contributed by atoms with Gasteiger partial charge in [-0.05, 0) is 22.6 Å². The lowest BCUT2D eigenvalue weighted by molar-refractivity contribution is -0.138. The number of nitrogens with one attached hydrogen (secondary N) is 1. The van der Waals surface area contributed by atoms with Gasteiger partial charge in [0.25, 0.3) is 0 Å². The smallest absolute Gasteiger partial charge is 0.243 e. The highest BCUT2D eigenvalue weighted by Crippen LogP contribution is 2.27. The second-order valence-corrected chi connectivity index (χ2v) is 9.13. The number of benzene rings is 2. The Kier molecular flexibility index (Phi) is 7.05. The first-order valence-electron chi connectivity index (χ1n) is 11.6. The van der Waals surface area contributed by atoms with Crippen molar-refractivity contribution in [2.75, 3.05) is 6.54 Å². The quantitative estimate of drug-likeness (QED) is 0.583. The Bertz CT molecular complexity index is 1130. The van der Waals surface area contributed by atoms with E-state index in [1.165, 1.54) is 15.1 Å². The van der Waals surface area contributed by atoms with Crippen LogP contribution < -0.4 is 5.32 Å². The number of carbonyl (C=O) groups excluding carboxylic acids is 2. The molecule has 7 nitrogen and oxygen atoms in total. The van der Waals surface area contributed by atoms with Gasteiger partial charge in [-0.15, -0.1) is 5.10 Å². The van der Waals surface area contributed by atoms with E-state index in [0.29, 0.717) is 11.6 Å². The number of likely N-dealkylation sites (tertiary alicyclic amines) is 1. The van der Waals surface area contributed by atoms with Crippen molar-refractivity contribution in [3.8, 4) is 0 Å². The van der Waals surface area contributed by atoms with Crippen LogP contribution in [0.2, 0.25) is 0 Å². The Morgan fingerprint density at radius 2 is 1.71 bits per heavy atom. The summed E-state index contributed by atoms with van der Waals surface area (Å²) in [4.78, 5) is 27.6. The van der Waals surface area contributed by atoms with Crippen LogP contribution in [0, 0.1) is 0 Å². The summed E-state index contributed by atoms with van der Waals surface area (Å²) in [5.41, 5.74) is 3.54. The van der Waals surface area contributed by atoms with Crippen molar-refractivity contribution in [1.29, 1.82) is 0 Å². The first-order valence-corrected chi connectivity index (χ1v) is 11.6. The van der Waals surface area contributed by atoms with Gasteiger partial charge >= 0.3 is 0 Å². The predicted octanol–water partition coefficient (Wildman–Crippen LogP) is 3.33. The average Bonchev–Trinajstić information content (AvgIpc) is 3.43. The maximum Gasteiger partial charge on any atom is 0.243 e. The molecule has 3 aromatic rings. The fraction of sp³-hybridized carbons (Fsp3) is 0.385. The van der Waals surface area contributed by atoms with Gasteiger partial charge in [0.05, 0.1) is 24.7 Å². The summed E-state index contributed by atoms with van der Waals surface area (Å²) in [5.74, 6) is -0.305. The molecule has 2 heterocycles. The first kappa shape index (κ1) is 23.6. The van der Waals surface area contributed by atoms with Gasteiger partial charge in [-0.25, -0.2) is 4.39 Å². The van der Waals surface area contributed by atoms with Crippen LogP contribution in [0.15, 0.2) is 60.8 Å².